The van der Waals surface area contributed by atoms with Crippen molar-refractivity contribution in [2.75, 3.05) is 38.6 Å². The predicted octanol–water partition coefficient (Wildman–Crippen LogP) is 1.74. The quantitative estimate of drug-likeness (QED) is 0.818. The Labute approximate surface area is 114 Å². The van der Waals surface area contributed by atoms with Gasteiger partial charge in [0.1, 0.15) is 11.6 Å². The fourth-order valence-electron chi connectivity index (χ4n) is 1.92. The van der Waals surface area contributed by atoms with Gasteiger partial charge in [-0.3, -0.25) is 0 Å². The van der Waals surface area contributed by atoms with Crippen molar-refractivity contribution in [2.24, 2.45) is 5.92 Å². The van der Waals surface area contributed by atoms with Gasteiger partial charge in [0.05, 0.1) is 12.8 Å². The number of pyridine rings is 1. The molecule has 1 aromatic heterocycles. The SMILES string of the molecule is CC(C)CN(CCN(C)C)c1ncc(F)cc1CO. The first-order valence-electron chi connectivity index (χ1n) is 6.59. The molecule has 0 aliphatic rings. The van der Waals surface area contributed by atoms with Crippen molar-refractivity contribution < 1.29 is 9.50 Å². The lowest BCUT2D eigenvalue weighted by molar-refractivity contribution is 0.280. The third-order valence-corrected chi connectivity index (χ3v) is 2.78. The summed E-state index contributed by atoms with van der Waals surface area (Å²) in [5.41, 5.74) is 0.541. The van der Waals surface area contributed by atoms with Gasteiger partial charge in [-0.25, -0.2) is 9.37 Å². The van der Waals surface area contributed by atoms with E-state index in [0.29, 0.717) is 17.3 Å². The zero-order chi connectivity index (χ0) is 14.4. The van der Waals surface area contributed by atoms with Gasteiger partial charge in [0, 0.05) is 25.2 Å². The summed E-state index contributed by atoms with van der Waals surface area (Å²) in [4.78, 5) is 8.35. The zero-order valence-corrected chi connectivity index (χ0v) is 12.2. The average Bonchev–Trinajstić information content (AvgIpc) is 2.33. The number of nitrogens with zero attached hydrogens (tertiary/aromatic N) is 3. The summed E-state index contributed by atoms with van der Waals surface area (Å²) in [6.07, 6.45) is 1.21. The highest BCUT2D eigenvalue weighted by molar-refractivity contribution is 5.46. The Balaban J connectivity index is 2.95. The minimum atomic E-state index is -0.412. The number of aromatic nitrogens is 1. The second kappa shape index (κ2) is 7.40. The van der Waals surface area contributed by atoms with Crippen LogP contribution in [0.15, 0.2) is 12.3 Å². The molecule has 5 heteroatoms. The Morgan fingerprint density at radius 1 is 1.32 bits per heavy atom. The highest BCUT2D eigenvalue weighted by Gasteiger charge is 2.15. The van der Waals surface area contributed by atoms with Crippen LogP contribution in [0.4, 0.5) is 10.2 Å². The lowest BCUT2D eigenvalue weighted by atomic mass is 10.2. The molecule has 0 saturated heterocycles. The number of rotatable bonds is 7. The number of aliphatic hydroxyl groups is 1. The van der Waals surface area contributed by atoms with Crippen molar-refractivity contribution in [1.82, 2.24) is 9.88 Å². The largest absolute Gasteiger partial charge is 0.392 e. The normalized spacial score (nSPS) is 11.4. The minimum Gasteiger partial charge on any atom is -0.392 e. The Morgan fingerprint density at radius 2 is 2.00 bits per heavy atom. The van der Waals surface area contributed by atoms with Crippen LogP contribution in [-0.4, -0.2) is 48.7 Å². The van der Waals surface area contributed by atoms with Gasteiger partial charge in [0.25, 0.3) is 0 Å². The number of anilines is 1. The van der Waals surface area contributed by atoms with Crippen LogP contribution in [0.25, 0.3) is 0 Å². The lowest BCUT2D eigenvalue weighted by Crippen LogP contribution is -2.35. The molecule has 0 spiro atoms. The first kappa shape index (κ1) is 15.9. The molecule has 108 valence electrons. The molecule has 19 heavy (non-hydrogen) atoms. The first-order chi connectivity index (χ1) is 8.93. The van der Waals surface area contributed by atoms with E-state index in [4.69, 9.17) is 0 Å². The van der Waals surface area contributed by atoms with E-state index in [1.165, 1.54) is 12.3 Å². The fraction of sp³-hybridized carbons (Fsp3) is 0.643. The summed E-state index contributed by atoms with van der Waals surface area (Å²) in [5, 5.41) is 9.36. The molecule has 0 aliphatic heterocycles. The summed E-state index contributed by atoms with van der Waals surface area (Å²) in [5.74, 6) is 0.741. The van der Waals surface area contributed by atoms with Crippen LogP contribution in [-0.2, 0) is 6.61 Å². The average molecular weight is 269 g/mol. The number of hydrogen-bond donors (Lipinski definition) is 1. The summed E-state index contributed by atoms with van der Waals surface area (Å²) in [7, 11) is 4.02. The Morgan fingerprint density at radius 3 is 2.53 bits per heavy atom. The van der Waals surface area contributed by atoms with Crippen LogP contribution in [0.1, 0.15) is 19.4 Å². The summed E-state index contributed by atoms with van der Waals surface area (Å²) in [6.45, 7) is 6.58. The Kier molecular flexibility index (Phi) is 6.18. The molecule has 1 heterocycles. The molecule has 0 amide bonds. The molecule has 0 fully saturated rings. The highest BCUT2D eigenvalue weighted by Crippen LogP contribution is 2.19. The van der Waals surface area contributed by atoms with Gasteiger partial charge in [0.2, 0.25) is 0 Å². The van der Waals surface area contributed by atoms with Crippen molar-refractivity contribution in [3.05, 3.63) is 23.6 Å². The van der Waals surface area contributed by atoms with Crippen molar-refractivity contribution in [3.8, 4) is 0 Å². The molecular formula is C14H24FN3O. The highest BCUT2D eigenvalue weighted by atomic mass is 19.1. The molecule has 1 rings (SSSR count). The second-order valence-corrected chi connectivity index (χ2v) is 5.44. The molecule has 4 nitrogen and oxygen atoms in total. The van der Waals surface area contributed by atoms with Crippen LogP contribution < -0.4 is 4.90 Å². The predicted molar refractivity (Wildman–Crippen MR) is 75.7 cm³/mol. The summed E-state index contributed by atoms with van der Waals surface area (Å²) in [6, 6.07) is 1.35. The van der Waals surface area contributed by atoms with Gasteiger partial charge >= 0.3 is 0 Å². The summed E-state index contributed by atoms with van der Waals surface area (Å²) < 4.78 is 13.2. The fourth-order valence-corrected chi connectivity index (χ4v) is 1.92. The molecule has 0 bridgehead atoms. The van der Waals surface area contributed by atoms with Crippen LogP contribution in [0, 0.1) is 11.7 Å². The molecule has 0 aromatic carbocycles. The zero-order valence-electron chi connectivity index (χ0n) is 12.2. The number of hydrogen-bond acceptors (Lipinski definition) is 4. The van der Waals surface area contributed by atoms with Crippen LogP contribution >= 0.6 is 0 Å². The standard InChI is InChI=1S/C14H24FN3O/c1-11(2)9-18(6-5-17(3)4)14-12(10-19)7-13(15)8-16-14/h7-8,11,19H,5-6,9-10H2,1-4H3. The van der Waals surface area contributed by atoms with E-state index in [9.17, 15) is 9.50 Å². The van der Waals surface area contributed by atoms with Crippen LogP contribution in [0.5, 0.6) is 0 Å². The van der Waals surface area contributed by atoms with Gasteiger partial charge < -0.3 is 14.9 Å². The molecule has 0 unspecified atom stereocenters. The van der Waals surface area contributed by atoms with E-state index >= 15 is 0 Å². The van der Waals surface area contributed by atoms with Gasteiger partial charge in [-0.1, -0.05) is 13.8 Å². The second-order valence-electron chi connectivity index (χ2n) is 5.44. The Hall–Kier alpha value is -1.20. The molecule has 0 radical (unpaired) electrons. The maximum Gasteiger partial charge on any atom is 0.142 e. The minimum absolute atomic E-state index is 0.198. The van der Waals surface area contributed by atoms with Gasteiger partial charge in [-0.15, -0.1) is 0 Å². The molecule has 0 saturated carbocycles. The van der Waals surface area contributed by atoms with E-state index < -0.39 is 5.82 Å². The molecule has 1 aromatic rings. The van der Waals surface area contributed by atoms with E-state index in [2.05, 4.69) is 28.6 Å². The third-order valence-electron chi connectivity index (χ3n) is 2.78. The van der Waals surface area contributed by atoms with Crippen molar-refractivity contribution in [3.63, 3.8) is 0 Å². The van der Waals surface area contributed by atoms with E-state index in [1.807, 2.05) is 14.1 Å². The molecule has 0 atom stereocenters. The van der Waals surface area contributed by atoms with Gasteiger partial charge in [-0.05, 0) is 26.1 Å². The topological polar surface area (TPSA) is 39.6 Å². The Bertz CT molecular complexity index is 396. The number of halogens is 1. The van der Waals surface area contributed by atoms with Gasteiger partial charge in [0.15, 0.2) is 0 Å². The lowest BCUT2D eigenvalue weighted by Gasteiger charge is -2.28. The van der Waals surface area contributed by atoms with Crippen molar-refractivity contribution >= 4 is 5.82 Å². The maximum absolute atomic E-state index is 13.2. The first-order valence-corrected chi connectivity index (χ1v) is 6.59. The number of aliphatic hydroxyl groups excluding tert-OH is 1. The van der Waals surface area contributed by atoms with Crippen molar-refractivity contribution in [2.45, 2.75) is 20.5 Å². The van der Waals surface area contributed by atoms with E-state index in [-0.39, 0.29) is 6.61 Å². The maximum atomic E-state index is 13.2. The van der Waals surface area contributed by atoms with E-state index in [0.717, 1.165) is 19.6 Å². The molecular weight excluding hydrogens is 245 g/mol. The summed E-state index contributed by atoms with van der Waals surface area (Å²) >= 11 is 0. The van der Waals surface area contributed by atoms with Crippen LogP contribution in [0.3, 0.4) is 0 Å². The monoisotopic (exact) mass is 269 g/mol. The number of likely N-dealkylation sites (N-methyl/N-ethyl adjacent to an activating group) is 1. The molecule has 1 N–H and O–H groups in total. The van der Waals surface area contributed by atoms with Crippen molar-refractivity contribution in [1.29, 1.82) is 0 Å². The van der Waals surface area contributed by atoms with E-state index in [1.54, 1.807) is 0 Å². The third kappa shape index (κ3) is 5.12. The van der Waals surface area contributed by atoms with Gasteiger partial charge in [-0.2, -0.15) is 0 Å². The van der Waals surface area contributed by atoms with Crippen LogP contribution in [0.2, 0.25) is 0 Å². The smallest absolute Gasteiger partial charge is 0.142 e. The molecule has 0 aliphatic carbocycles.